The van der Waals surface area contributed by atoms with Crippen molar-refractivity contribution >= 4 is 15.9 Å². The molecule has 0 unspecified atom stereocenters. The lowest BCUT2D eigenvalue weighted by atomic mass is 10.4. The number of hydrogen-bond donors (Lipinski definition) is 0. The Bertz CT molecular complexity index is 370. The summed E-state index contributed by atoms with van der Waals surface area (Å²) in [6, 6.07) is 5.54. The Morgan fingerprint density at radius 2 is 2.38 bits per heavy atom. The molecule has 1 aliphatic heterocycles. The standard InChI is InChI=1S/C11H14BrNO3/c1-11(2)15-7-8(16-11)6-14-10-5-3-4-9(12)13-10/h3-5,8H,6-7H2,1-2H3/t8-/m0/s1. The van der Waals surface area contributed by atoms with Gasteiger partial charge >= 0.3 is 0 Å². The van der Waals surface area contributed by atoms with E-state index in [1.165, 1.54) is 0 Å². The van der Waals surface area contributed by atoms with Crippen molar-refractivity contribution in [2.24, 2.45) is 0 Å². The molecule has 5 heteroatoms. The molecule has 88 valence electrons. The maximum atomic E-state index is 5.61. The zero-order chi connectivity index (χ0) is 11.6. The second kappa shape index (κ2) is 4.69. The molecule has 0 aliphatic carbocycles. The van der Waals surface area contributed by atoms with Crippen LogP contribution in [0.3, 0.4) is 0 Å². The van der Waals surface area contributed by atoms with Crippen molar-refractivity contribution in [1.82, 2.24) is 4.98 Å². The SMILES string of the molecule is CC1(C)OC[C@H](COc2cccc(Br)n2)O1. The summed E-state index contributed by atoms with van der Waals surface area (Å²) < 4.78 is 17.3. The van der Waals surface area contributed by atoms with Gasteiger partial charge in [0.1, 0.15) is 17.3 Å². The first-order chi connectivity index (χ1) is 7.55. The van der Waals surface area contributed by atoms with Crippen LogP contribution in [0.15, 0.2) is 22.8 Å². The maximum absolute atomic E-state index is 5.61. The minimum Gasteiger partial charge on any atom is -0.475 e. The lowest BCUT2D eigenvalue weighted by Gasteiger charge is -2.17. The maximum Gasteiger partial charge on any atom is 0.214 e. The molecule has 2 rings (SSSR count). The van der Waals surface area contributed by atoms with E-state index in [1.54, 1.807) is 0 Å². The van der Waals surface area contributed by atoms with Gasteiger partial charge in [0.05, 0.1) is 6.61 Å². The van der Waals surface area contributed by atoms with E-state index in [0.717, 1.165) is 4.60 Å². The summed E-state index contributed by atoms with van der Waals surface area (Å²) in [4.78, 5) is 4.17. The van der Waals surface area contributed by atoms with Crippen LogP contribution in [0.1, 0.15) is 13.8 Å². The third-order valence-electron chi connectivity index (χ3n) is 2.17. The van der Waals surface area contributed by atoms with Crippen LogP contribution in [0.25, 0.3) is 0 Å². The fourth-order valence-corrected chi connectivity index (χ4v) is 1.82. The van der Waals surface area contributed by atoms with Gasteiger partial charge in [0.25, 0.3) is 0 Å². The molecular weight excluding hydrogens is 274 g/mol. The predicted octanol–water partition coefficient (Wildman–Crippen LogP) is 2.37. The highest BCUT2D eigenvalue weighted by molar-refractivity contribution is 9.10. The molecular formula is C11H14BrNO3. The van der Waals surface area contributed by atoms with Crippen LogP contribution in [0, 0.1) is 0 Å². The van der Waals surface area contributed by atoms with E-state index < -0.39 is 5.79 Å². The molecule has 4 nitrogen and oxygen atoms in total. The van der Waals surface area contributed by atoms with Crippen molar-refractivity contribution in [3.05, 3.63) is 22.8 Å². The minimum atomic E-state index is -0.501. The molecule has 0 aromatic carbocycles. The first-order valence-electron chi connectivity index (χ1n) is 5.12. The number of nitrogens with zero attached hydrogens (tertiary/aromatic N) is 1. The molecule has 16 heavy (non-hydrogen) atoms. The van der Waals surface area contributed by atoms with Crippen LogP contribution in [0.5, 0.6) is 5.88 Å². The normalized spacial score (nSPS) is 23.3. The van der Waals surface area contributed by atoms with Crippen LogP contribution in [0.2, 0.25) is 0 Å². The zero-order valence-corrected chi connectivity index (χ0v) is 10.9. The van der Waals surface area contributed by atoms with Crippen molar-refractivity contribution in [2.45, 2.75) is 25.7 Å². The first kappa shape index (κ1) is 11.8. The van der Waals surface area contributed by atoms with Crippen molar-refractivity contribution in [1.29, 1.82) is 0 Å². The van der Waals surface area contributed by atoms with Crippen molar-refractivity contribution in [2.75, 3.05) is 13.2 Å². The van der Waals surface area contributed by atoms with Gasteiger partial charge in [-0.1, -0.05) is 6.07 Å². The number of pyridine rings is 1. The topological polar surface area (TPSA) is 40.6 Å². The van der Waals surface area contributed by atoms with Gasteiger partial charge in [0, 0.05) is 6.07 Å². The summed E-state index contributed by atoms with van der Waals surface area (Å²) in [5, 5.41) is 0. The van der Waals surface area contributed by atoms with E-state index in [9.17, 15) is 0 Å². The molecule has 1 aromatic heterocycles. The van der Waals surface area contributed by atoms with Crippen LogP contribution >= 0.6 is 15.9 Å². The van der Waals surface area contributed by atoms with E-state index in [1.807, 2.05) is 32.0 Å². The molecule has 0 bridgehead atoms. The minimum absolute atomic E-state index is 0.0317. The fraction of sp³-hybridized carbons (Fsp3) is 0.545. The number of rotatable bonds is 3. The highest BCUT2D eigenvalue weighted by Gasteiger charge is 2.32. The van der Waals surface area contributed by atoms with Gasteiger partial charge in [0.2, 0.25) is 5.88 Å². The molecule has 1 atom stereocenters. The summed E-state index contributed by atoms with van der Waals surface area (Å²) in [6.07, 6.45) is -0.0317. The van der Waals surface area contributed by atoms with E-state index >= 15 is 0 Å². The van der Waals surface area contributed by atoms with Crippen LogP contribution in [-0.4, -0.2) is 30.1 Å². The Morgan fingerprint density at radius 3 is 3.00 bits per heavy atom. The number of halogens is 1. The first-order valence-corrected chi connectivity index (χ1v) is 5.92. The summed E-state index contributed by atoms with van der Waals surface area (Å²) in [6.45, 7) is 4.79. The lowest BCUT2D eigenvalue weighted by Crippen LogP contribution is -2.25. The Hall–Kier alpha value is -0.650. The van der Waals surface area contributed by atoms with Crippen molar-refractivity contribution in [3.63, 3.8) is 0 Å². The average molecular weight is 288 g/mol. The average Bonchev–Trinajstić information content (AvgIpc) is 2.56. The quantitative estimate of drug-likeness (QED) is 0.801. The Kier molecular flexibility index (Phi) is 3.47. The van der Waals surface area contributed by atoms with Gasteiger partial charge in [-0.15, -0.1) is 0 Å². The largest absolute Gasteiger partial charge is 0.475 e. The van der Waals surface area contributed by atoms with Gasteiger partial charge in [-0.25, -0.2) is 4.98 Å². The summed E-state index contributed by atoms with van der Waals surface area (Å²) in [5.41, 5.74) is 0. The predicted molar refractivity (Wildman–Crippen MR) is 62.3 cm³/mol. The fourth-order valence-electron chi connectivity index (χ4n) is 1.49. The molecule has 0 radical (unpaired) electrons. The Labute approximate surface area is 103 Å². The third kappa shape index (κ3) is 3.17. The highest BCUT2D eigenvalue weighted by atomic mass is 79.9. The summed E-state index contributed by atoms with van der Waals surface area (Å²) >= 11 is 3.29. The van der Waals surface area contributed by atoms with E-state index in [0.29, 0.717) is 19.1 Å². The molecule has 1 saturated heterocycles. The lowest BCUT2D eigenvalue weighted by molar-refractivity contribution is -0.141. The Balaban J connectivity index is 1.84. The number of aromatic nitrogens is 1. The van der Waals surface area contributed by atoms with Gasteiger partial charge in [0.15, 0.2) is 5.79 Å². The van der Waals surface area contributed by atoms with Gasteiger partial charge in [-0.3, -0.25) is 0 Å². The molecule has 1 aliphatic rings. The molecule has 0 spiro atoms. The molecule has 0 saturated carbocycles. The molecule has 2 heterocycles. The van der Waals surface area contributed by atoms with Crippen molar-refractivity contribution in [3.8, 4) is 5.88 Å². The summed E-state index contributed by atoms with van der Waals surface area (Å²) in [5.74, 6) is 0.0846. The van der Waals surface area contributed by atoms with E-state index in [2.05, 4.69) is 20.9 Å². The molecule has 0 N–H and O–H groups in total. The number of ether oxygens (including phenoxy) is 3. The Morgan fingerprint density at radius 1 is 1.56 bits per heavy atom. The second-order valence-corrected chi connectivity index (χ2v) is 4.87. The highest BCUT2D eigenvalue weighted by Crippen LogP contribution is 2.22. The molecule has 1 aromatic rings. The number of hydrogen-bond acceptors (Lipinski definition) is 4. The smallest absolute Gasteiger partial charge is 0.214 e. The van der Waals surface area contributed by atoms with Crippen LogP contribution in [0.4, 0.5) is 0 Å². The van der Waals surface area contributed by atoms with Gasteiger partial charge < -0.3 is 14.2 Å². The zero-order valence-electron chi connectivity index (χ0n) is 9.27. The molecule has 0 amide bonds. The molecule has 1 fully saturated rings. The monoisotopic (exact) mass is 287 g/mol. The summed E-state index contributed by atoms with van der Waals surface area (Å²) in [7, 11) is 0. The van der Waals surface area contributed by atoms with Crippen LogP contribution in [-0.2, 0) is 9.47 Å². The van der Waals surface area contributed by atoms with Crippen molar-refractivity contribution < 1.29 is 14.2 Å². The third-order valence-corrected chi connectivity index (χ3v) is 2.62. The van der Waals surface area contributed by atoms with Crippen LogP contribution < -0.4 is 4.74 Å². The van der Waals surface area contributed by atoms with E-state index in [4.69, 9.17) is 14.2 Å². The van der Waals surface area contributed by atoms with Gasteiger partial charge in [-0.05, 0) is 35.8 Å². The van der Waals surface area contributed by atoms with Gasteiger partial charge in [-0.2, -0.15) is 0 Å². The van der Waals surface area contributed by atoms with E-state index in [-0.39, 0.29) is 6.10 Å². The second-order valence-electron chi connectivity index (χ2n) is 4.06.